The summed E-state index contributed by atoms with van der Waals surface area (Å²) in [6, 6.07) is 17.7. The number of hydrogen-bond donors (Lipinski definition) is 1. The Morgan fingerprint density at radius 2 is 1.66 bits per heavy atom. The van der Waals surface area contributed by atoms with Gasteiger partial charge < -0.3 is 5.32 Å². The van der Waals surface area contributed by atoms with Crippen molar-refractivity contribution in [3.63, 3.8) is 0 Å². The molecule has 6 nitrogen and oxygen atoms in total. The predicted molar refractivity (Wildman–Crippen MR) is 114 cm³/mol. The van der Waals surface area contributed by atoms with Gasteiger partial charge in [0.2, 0.25) is 0 Å². The number of nitrogens with zero attached hydrogens (tertiary/aromatic N) is 4. The van der Waals surface area contributed by atoms with Crippen LogP contribution in [0.5, 0.6) is 0 Å². The zero-order valence-corrected chi connectivity index (χ0v) is 17.0. The summed E-state index contributed by atoms with van der Waals surface area (Å²) in [7, 11) is 0. The SMILES string of the molecule is Cc1ccccc1NC(=O)c1nnc2c(-c3ccccc3)c(C(C)C)nn2c1C. The molecule has 1 amide bonds. The molecule has 0 aliphatic heterocycles. The number of amides is 1. The van der Waals surface area contributed by atoms with Gasteiger partial charge in [-0.05, 0) is 37.0 Å². The van der Waals surface area contributed by atoms with E-state index in [0.29, 0.717) is 11.3 Å². The normalized spacial score (nSPS) is 11.2. The predicted octanol–water partition coefficient (Wildman–Crippen LogP) is 4.78. The molecule has 0 spiro atoms. The number of fused-ring (bicyclic) bond motifs is 1. The van der Waals surface area contributed by atoms with Crippen molar-refractivity contribution in [2.45, 2.75) is 33.6 Å². The van der Waals surface area contributed by atoms with Crippen molar-refractivity contribution in [3.8, 4) is 11.1 Å². The Bertz CT molecular complexity index is 1190. The van der Waals surface area contributed by atoms with Crippen molar-refractivity contribution in [3.05, 3.63) is 77.2 Å². The molecule has 2 aromatic carbocycles. The van der Waals surface area contributed by atoms with Crippen LogP contribution in [-0.4, -0.2) is 25.7 Å². The van der Waals surface area contributed by atoms with E-state index in [1.165, 1.54) is 0 Å². The number of nitrogens with one attached hydrogen (secondary N) is 1. The number of rotatable bonds is 4. The quantitative estimate of drug-likeness (QED) is 0.548. The Morgan fingerprint density at radius 3 is 2.34 bits per heavy atom. The van der Waals surface area contributed by atoms with Crippen molar-refractivity contribution in [2.75, 3.05) is 5.32 Å². The first-order valence-electron chi connectivity index (χ1n) is 9.65. The summed E-state index contributed by atoms with van der Waals surface area (Å²) < 4.78 is 1.73. The lowest BCUT2D eigenvalue weighted by molar-refractivity contribution is 0.102. The molecule has 0 radical (unpaired) electrons. The Hall–Kier alpha value is -3.54. The smallest absolute Gasteiger partial charge is 0.278 e. The summed E-state index contributed by atoms with van der Waals surface area (Å²) in [5.41, 5.74) is 6.25. The third kappa shape index (κ3) is 3.38. The Balaban J connectivity index is 1.82. The summed E-state index contributed by atoms with van der Waals surface area (Å²) in [5, 5.41) is 16.4. The molecule has 0 atom stereocenters. The first kappa shape index (κ1) is 18.8. The van der Waals surface area contributed by atoms with E-state index in [1.807, 2.05) is 68.4 Å². The summed E-state index contributed by atoms with van der Waals surface area (Å²) >= 11 is 0. The molecule has 0 aliphatic rings. The number of aromatic nitrogens is 4. The molecule has 0 unspecified atom stereocenters. The summed E-state index contributed by atoms with van der Waals surface area (Å²) in [4.78, 5) is 12.9. The number of carbonyl (C=O) groups excluding carboxylic acids is 1. The van der Waals surface area contributed by atoms with Gasteiger partial charge in [-0.3, -0.25) is 4.79 Å². The van der Waals surface area contributed by atoms with Crippen LogP contribution in [0.15, 0.2) is 54.6 Å². The topological polar surface area (TPSA) is 72.2 Å². The van der Waals surface area contributed by atoms with Gasteiger partial charge in [0.15, 0.2) is 11.3 Å². The maximum Gasteiger partial charge on any atom is 0.278 e. The largest absolute Gasteiger partial charge is 0.320 e. The van der Waals surface area contributed by atoms with E-state index in [-0.39, 0.29) is 17.5 Å². The first-order chi connectivity index (χ1) is 14.0. The summed E-state index contributed by atoms with van der Waals surface area (Å²) in [6.07, 6.45) is 0. The minimum Gasteiger partial charge on any atom is -0.320 e. The number of anilines is 1. The van der Waals surface area contributed by atoms with E-state index in [2.05, 4.69) is 29.4 Å². The van der Waals surface area contributed by atoms with Crippen LogP contribution >= 0.6 is 0 Å². The second-order valence-electron chi connectivity index (χ2n) is 7.42. The summed E-state index contributed by atoms with van der Waals surface area (Å²) in [5.74, 6) is -0.0930. The Labute approximate surface area is 169 Å². The van der Waals surface area contributed by atoms with Crippen molar-refractivity contribution >= 4 is 17.2 Å². The van der Waals surface area contributed by atoms with Gasteiger partial charge in [0.25, 0.3) is 5.91 Å². The minimum absolute atomic E-state index is 0.204. The number of carbonyl (C=O) groups is 1. The Morgan fingerprint density at radius 1 is 0.966 bits per heavy atom. The van der Waals surface area contributed by atoms with Crippen molar-refractivity contribution < 1.29 is 4.79 Å². The molecule has 0 aliphatic carbocycles. The van der Waals surface area contributed by atoms with Gasteiger partial charge in [-0.1, -0.05) is 62.4 Å². The standard InChI is InChI=1S/C23H23N5O/c1-14(2)20-19(17-11-6-5-7-12-17)22-26-25-21(16(4)28(22)27-20)23(29)24-18-13-9-8-10-15(18)3/h5-14H,1-4H3,(H,24,29). The fraction of sp³-hybridized carbons (Fsp3) is 0.217. The average Bonchev–Trinajstić information content (AvgIpc) is 3.11. The third-order valence-corrected chi connectivity index (χ3v) is 5.01. The summed E-state index contributed by atoms with van der Waals surface area (Å²) in [6.45, 7) is 8.00. The highest BCUT2D eigenvalue weighted by Gasteiger charge is 2.23. The van der Waals surface area contributed by atoms with E-state index < -0.39 is 0 Å². The number of aryl methyl sites for hydroxylation is 2. The van der Waals surface area contributed by atoms with Crippen LogP contribution in [0.3, 0.4) is 0 Å². The molecule has 0 fully saturated rings. The monoisotopic (exact) mass is 385 g/mol. The van der Waals surface area contributed by atoms with Crippen molar-refractivity contribution in [1.82, 2.24) is 19.8 Å². The molecular weight excluding hydrogens is 362 g/mol. The van der Waals surface area contributed by atoms with Gasteiger partial charge in [0.05, 0.1) is 17.0 Å². The van der Waals surface area contributed by atoms with Crippen LogP contribution < -0.4 is 5.32 Å². The van der Waals surface area contributed by atoms with Gasteiger partial charge in [0, 0.05) is 5.69 Å². The van der Waals surface area contributed by atoms with E-state index >= 15 is 0 Å². The molecule has 1 N–H and O–H groups in total. The number of hydrogen-bond acceptors (Lipinski definition) is 4. The van der Waals surface area contributed by atoms with Gasteiger partial charge in [0.1, 0.15) is 0 Å². The molecule has 4 rings (SSSR count). The molecule has 0 bridgehead atoms. The highest BCUT2D eigenvalue weighted by molar-refractivity contribution is 6.04. The van der Waals surface area contributed by atoms with Crippen LogP contribution in [-0.2, 0) is 0 Å². The van der Waals surface area contributed by atoms with Crippen LogP contribution in [0.1, 0.15) is 47.2 Å². The van der Waals surface area contributed by atoms with Crippen LogP contribution in [0.4, 0.5) is 5.69 Å². The lowest BCUT2D eigenvalue weighted by atomic mass is 10.00. The van der Waals surface area contributed by atoms with Crippen molar-refractivity contribution in [2.24, 2.45) is 0 Å². The molecule has 2 heterocycles. The minimum atomic E-state index is -0.297. The lowest BCUT2D eigenvalue weighted by Crippen LogP contribution is -2.19. The molecule has 29 heavy (non-hydrogen) atoms. The highest BCUT2D eigenvalue weighted by atomic mass is 16.2. The Kier molecular flexibility index (Phi) is 4.84. The number of benzene rings is 2. The molecule has 0 saturated heterocycles. The van der Waals surface area contributed by atoms with Gasteiger partial charge in [-0.2, -0.15) is 5.10 Å². The number of para-hydroxylation sites is 1. The van der Waals surface area contributed by atoms with Crippen LogP contribution in [0.25, 0.3) is 16.8 Å². The van der Waals surface area contributed by atoms with Gasteiger partial charge in [-0.15, -0.1) is 10.2 Å². The zero-order valence-electron chi connectivity index (χ0n) is 17.0. The maximum absolute atomic E-state index is 12.9. The van der Waals surface area contributed by atoms with Crippen molar-refractivity contribution in [1.29, 1.82) is 0 Å². The highest BCUT2D eigenvalue weighted by Crippen LogP contribution is 2.32. The molecule has 2 aromatic heterocycles. The van der Waals surface area contributed by atoms with Crippen LogP contribution in [0, 0.1) is 13.8 Å². The molecule has 6 heteroatoms. The molecule has 146 valence electrons. The van der Waals surface area contributed by atoms with E-state index in [9.17, 15) is 4.79 Å². The fourth-order valence-electron chi connectivity index (χ4n) is 3.41. The van der Waals surface area contributed by atoms with Crippen LogP contribution in [0.2, 0.25) is 0 Å². The first-order valence-corrected chi connectivity index (χ1v) is 9.65. The lowest BCUT2D eigenvalue weighted by Gasteiger charge is -2.09. The second kappa shape index (κ2) is 7.47. The third-order valence-electron chi connectivity index (χ3n) is 5.01. The molecule has 0 saturated carbocycles. The maximum atomic E-state index is 12.9. The average molecular weight is 385 g/mol. The molecular formula is C23H23N5O. The fourth-order valence-corrected chi connectivity index (χ4v) is 3.41. The van der Waals surface area contributed by atoms with Gasteiger partial charge in [-0.25, -0.2) is 4.52 Å². The zero-order chi connectivity index (χ0) is 20.5. The molecule has 4 aromatic rings. The second-order valence-corrected chi connectivity index (χ2v) is 7.42. The van der Waals surface area contributed by atoms with E-state index in [0.717, 1.165) is 28.1 Å². The van der Waals surface area contributed by atoms with Gasteiger partial charge >= 0.3 is 0 Å². The van der Waals surface area contributed by atoms with E-state index in [4.69, 9.17) is 5.10 Å². The van der Waals surface area contributed by atoms with E-state index in [1.54, 1.807) is 4.52 Å².